The van der Waals surface area contributed by atoms with E-state index in [0.717, 1.165) is 0 Å². The van der Waals surface area contributed by atoms with Crippen LogP contribution in [0.4, 0.5) is 10.1 Å². The zero-order valence-corrected chi connectivity index (χ0v) is 13.5. The minimum absolute atomic E-state index is 0.137. The van der Waals surface area contributed by atoms with Crippen LogP contribution in [0.25, 0.3) is 0 Å². The molecule has 1 aliphatic rings. The average molecular weight is 295 g/mol. The number of nitrogens with two attached hydrogens (primary N) is 1. The standard InChI is InChI=1S/C15H23BFNO3/c1-9(2)19-13-11(7-10(18)8-12(13)17)16-20-14(3,4)15(5,6)21-16/h7-9H,18H2,1-6H3. The van der Waals surface area contributed by atoms with Gasteiger partial charge in [-0.25, -0.2) is 4.39 Å². The van der Waals surface area contributed by atoms with E-state index in [2.05, 4.69) is 0 Å². The molecule has 0 unspecified atom stereocenters. The molecule has 0 saturated carbocycles. The lowest BCUT2D eigenvalue weighted by Crippen LogP contribution is -2.41. The summed E-state index contributed by atoms with van der Waals surface area (Å²) < 4.78 is 31.7. The molecule has 1 aromatic rings. The van der Waals surface area contributed by atoms with E-state index in [1.165, 1.54) is 6.07 Å². The van der Waals surface area contributed by atoms with E-state index in [9.17, 15) is 4.39 Å². The molecule has 4 nitrogen and oxygen atoms in total. The number of benzene rings is 1. The normalized spacial score (nSPS) is 20.1. The second kappa shape index (κ2) is 5.18. The highest BCUT2D eigenvalue weighted by molar-refractivity contribution is 6.63. The molecule has 2 rings (SSSR count). The Bertz CT molecular complexity index is 530. The Morgan fingerprint density at radius 2 is 1.67 bits per heavy atom. The van der Waals surface area contributed by atoms with E-state index in [4.69, 9.17) is 19.8 Å². The second-order valence-electron chi connectivity index (χ2n) is 6.68. The Hall–Kier alpha value is -1.27. The number of nitrogen functional groups attached to an aromatic ring is 1. The Labute approximate surface area is 125 Å². The van der Waals surface area contributed by atoms with E-state index < -0.39 is 24.1 Å². The van der Waals surface area contributed by atoms with Crippen LogP contribution in [-0.4, -0.2) is 24.4 Å². The maximum absolute atomic E-state index is 14.2. The summed E-state index contributed by atoms with van der Waals surface area (Å²) in [7, 11) is -0.707. The van der Waals surface area contributed by atoms with Gasteiger partial charge >= 0.3 is 7.12 Å². The maximum Gasteiger partial charge on any atom is 0.498 e. The molecule has 0 radical (unpaired) electrons. The smallest absolute Gasteiger partial charge is 0.488 e. The summed E-state index contributed by atoms with van der Waals surface area (Å²) in [6.45, 7) is 11.4. The van der Waals surface area contributed by atoms with Gasteiger partial charge in [0.25, 0.3) is 0 Å². The van der Waals surface area contributed by atoms with Crippen LogP contribution in [0.3, 0.4) is 0 Å². The fraction of sp³-hybridized carbons (Fsp3) is 0.600. The SMILES string of the molecule is CC(C)Oc1c(F)cc(N)cc1B1OC(C)(C)C(C)(C)O1. The van der Waals surface area contributed by atoms with Crippen molar-refractivity contribution in [3.63, 3.8) is 0 Å². The van der Waals surface area contributed by atoms with Gasteiger partial charge in [0.05, 0.1) is 17.3 Å². The minimum atomic E-state index is -0.707. The van der Waals surface area contributed by atoms with Crippen LogP contribution in [0.2, 0.25) is 0 Å². The van der Waals surface area contributed by atoms with E-state index in [1.54, 1.807) is 6.07 Å². The van der Waals surface area contributed by atoms with Crippen molar-refractivity contribution in [3.8, 4) is 5.75 Å². The quantitative estimate of drug-likeness (QED) is 0.687. The molecule has 0 atom stereocenters. The van der Waals surface area contributed by atoms with Crippen LogP contribution in [0, 0.1) is 5.82 Å². The van der Waals surface area contributed by atoms with Crippen molar-refractivity contribution < 1.29 is 18.4 Å². The molecular weight excluding hydrogens is 272 g/mol. The summed E-state index contributed by atoms with van der Waals surface area (Å²) in [6.07, 6.45) is -0.163. The molecular formula is C15H23BFNO3. The highest BCUT2D eigenvalue weighted by Crippen LogP contribution is 2.37. The van der Waals surface area contributed by atoms with Crippen LogP contribution in [0.5, 0.6) is 5.75 Å². The summed E-state index contributed by atoms with van der Waals surface area (Å²) in [5, 5.41) is 0. The predicted molar refractivity (Wildman–Crippen MR) is 82.3 cm³/mol. The number of ether oxygens (including phenoxy) is 1. The summed E-state index contributed by atoms with van der Waals surface area (Å²) >= 11 is 0. The van der Waals surface area contributed by atoms with Gasteiger partial charge in [0.1, 0.15) is 0 Å². The zero-order chi connectivity index (χ0) is 16.0. The number of hydrogen-bond donors (Lipinski definition) is 1. The summed E-state index contributed by atoms with van der Waals surface area (Å²) in [5.74, 6) is -0.369. The Balaban J connectivity index is 2.45. The average Bonchev–Trinajstić information content (AvgIpc) is 2.51. The molecule has 0 bridgehead atoms. The van der Waals surface area contributed by atoms with Crippen LogP contribution in [-0.2, 0) is 9.31 Å². The van der Waals surface area contributed by atoms with Gasteiger partial charge in [0, 0.05) is 17.2 Å². The first-order valence-electron chi connectivity index (χ1n) is 7.15. The third kappa shape index (κ3) is 3.01. The molecule has 1 heterocycles. The van der Waals surface area contributed by atoms with Gasteiger partial charge in [-0.1, -0.05) is 0 Å². The maximum atomic E-state index is 14.2. The van der Waals surface area contributed by atoms with E-state index in [1.807, 2.05) is 41.5 Å². The lowest BCUT2D eigenvalue weighted by molar-refractivity contribution is 0.00578. The largest absolute Gasteiger partial charge is 0.498 e. The highest BCUT2D eigenvalue weighted by atomic mass is 19.1. The molecule has 1 saturated heterocycles. The first-order chi connectivity index (χ1) is 9.53. The molecule has 6 heteroatoms. The first kappa shape index (κ1) is 16.1. The molecule has 21 heavy (non-hydrogen) atoms. The Morgan fingerprint density at radius 1 is 1.14 bits per heavy atom. The lowest BCUT2D eigenvalue weighted by Gasteiger charge is -2.32. The third-order valence-corrected chi connectivity index (χ3v) is 3.96. The van der Waals surface area contributed by atoms with Crippen molar-refractivity contribution in [2.75, 3.05) is 5.73 Å². The van der Waals surface area contributed by atoms with Crippen LogP contribution in [0.1, 0.15) is 41.5 Å². The first-order valence-corrected chi connectivity index (χ1v) is 7.15. The van der Waals surface area contributed by atoms with Gasteiger partial charge in [0.2, 0.25) is 0 Å². The van der Waals surface area contributed by atoms with Crippen LogP contribution < -0.4 is 15.9 Å². The minimum Gasteiger partial charge on any atom is -0.488 e. The van der Waals surface area contributed by atoms with Crippen molar-refractivity contribution in [2.24, 2.45) is 0 Å². The zero-order valence-electron chi connectivity index (χ0n) is 13.5. The van der Waals surface area contributed by atoms with Gasteiger partial charge in [0.15, 0.2) is 11.6 Å². The number of halogens is 1. The highest BCUT2D eigenvalue weighted by Gasteiger charge is 2.52. The molecule has 0 amide bonds. The summed E-state index contributed by atoms with van der Waals surface area (Å²) in [4.78, 5) is 0. The fourth-order valence-corrected chi connectivity index (χ4v) is 2.14. The van der Waals surface area contributed by atoms with Crippen molar-refractivity contribution in [1.82, 2.24) is 0 Å². The second-order valence-corrected chi connectivity index (χ2v) is 6.68. The molecule has 1 fully saturated rings. The van der Waals surface area contributed by atoms with Crippen molar-refractivity contribution in [3.05, 3.63) is 17.9 Å². The Kier molecular flexibility index (Phi) is 3.97. The molecule has 0 aliphatic carbocycles. The molecule has 116 valence electrons. The molecule has 1 aromatic carbocycles. The number of anilines is 1. The summed E-state index contributed by atoms with van der Waals surface area (Å²) in [6, 6.07) is 2.88. The van der Waals surface area contributed by atoms with E-state index >= 15 is 0 Å². The van der Waals surface area contributed by atoms with Crippen molar-refractivity contribution >= 4 is 18.3 Å². The number of hydrogen-bond acceptors (Lipinski definition) is 4. The summed E-state index contributed by atoms with van der Waals surface area (Å²) in [5.41, 5.74) is 5.54. The van der Waals surface area contributed by atoms with Gasteiger partial charge in [-0.15, -0.1) is 0 Å². The molecule has 2 N–H and O–H groups in total. The fourth-order valence-electron chi connectivity index (χ4n) is 2.14. The van der Waals surface area contributed by atoms with Gasteiger partial charge in [-0.05, 0) is 47.6 Å². The van der Waals surface area contributed by atoms with Crippen molar-refractivity contribution in [2.45, 2.75) is 58.8 Å². The Morgan fingerprint density at radius 3 is 2.14 bits per heavy atom. The van der Waals surface area contributed by atoms with Crippen LogP contribution >= 0.6 is 0 Å². The van der Waals surface area contributed by atoms with Gasteiger partial charge in [-0.3, -0.25) is 0 Å². The third-order valence-electron chi connectivity index (χ3n) is 3.96. The van der Waals surface area contributed by atoms with E-state index in [-0.39, 0.29) is 11.9 Å². The molecule has 0 spiro atoms. The topological polar surface area (TPSA) is 53.7 Å². The molecule has 0 aromatic heterocycles. The molecule has 1 aliphatic heterocycles. The van der Waals surface area contributed by atoms with Crippen LogP contribution in [0.15, 0.2) is 12.1 Å². The predicted octanol–water partition coefficient (Wildman–Crippen LogP) is 2.49. The van der Waals surface area contributed by atoms with Crippen molar-refractivity contribution in [1.29, 1.82) is 0 Å². The van der Waals surface area contributed by atoms with Gasteiger partial charge < -0.3 is 19.8 Å². The van der Waals surface area contributed by atoms with Gasteiger partial charge in [-0.2, -0.15) is 0 Å². The lowest BCUT2D eigenvalue weighted by atomic mass is 9.78. The number of rotatable bonds is 3. The monoisotopic (exact) mass is 295 g/mol. The van der Waals surface area contributed by atoms with E-state index in [0.29, 0.717) is 11.2 Å².